The van der Waals surface area contributed by atoms with Gasteiger partial charge in [0.05, 0.1) is 12.2 Å². The van der Waals surface area contributed by atoms with Gasteiger partial charge in [0.1, 0.15) is 6.10 Å². The molecule has 5 atom stereocenters. The lowest BCUT2D eigenvalue weighted by atomic mass is 9.86. The average Bonchev–Trinajstić information content (AvgIpc) is 2.38. The van der Waals surface area contributed by atoms with E-state index in [-0.39, 0.29) is 12.0 Å². The molecule has 0 amide bonds. The van der Waals surface area contributed by atoms with Crippen molar-refractivity contribution in [2.45, 2.75) is 43.9 Å². The average molecular weight is 328 g/mol. The topological polar surface area (TPSA) is 58.9 Å². The van der Waals surface area contributed by atoms with E-state index < -0.39 is 18.5 Å². The van der Waals surface area contributed by atoms with Crippen molar-refractivity contribution in [3.05, 3.63) is 0 Å². The number of hydrogen-bond acceptors (Lipinski definition) is 4. The molecule has 0 aromatic heterocycles. The molecule has 0 aromatic rings. The summed E-state index contributed by atoms with van der Waals surface area (Å²) in [4.78, 5) is 0. The molecule has 0 radical (unpaired) electrons. The van der Waals surface area contributed by atoms with Crippen molar-refractivity contribution < 1.29 is 19.7 Å². The van der Waals surface area contributed by atoms with Gasteiger partial charge in [0.15, 0.2) is 6.29 Å². The summed E-state index contributed by atoms with van der Waals surface area (Å²) in [5.41, 5.74) is 0. The Kier molecular flexibility index (Phi) is 4.23. The Morgan fingerprint density at radius 3 is 2.73 bits per heavy atom. The Morgan fingerprint density at radius 2 is 2.00 bits per heavy atom. The van der Waals surface area contributed by atoms with Crippen molar-refractivity contribution in [3.63, 3.8) is 0 Å². The zero-order valence-corrected chi connectivity index (χ0v) is 10.7. The van der Waals surface area contributed by atoms with Crippen LogP contribution in [0.4, 0.5) is 0 Å². The predicted octanol–water partition coefficient (Wildman–Crippen LogP) is 0.685. The van der Waals surface area contributed by atoms with Gasteiger partial charge in [-0.2, -0.15) is 0 Å². The number of aliphatic hydroxyl groups excluding tert-OH is 2. The lowest BCUT2D eigenvalue weighted by molar-refractivity contribution is -0.277. The van der Waals surface area contributed by atoms with E-state index in [1.807, 2.05) is 0 Å². The molecule has 3 aliphatic rings. The second kappa shape index (κ2) is 5.27. The van der Waals surface area contributed by atoms with E-state index in [1.165, 1.54) is 0 Å². The van der Waals surface area contributed by atoms with E-state index in [0.29, 0.717) is 6.61 Å². The Hall–Kier alpha value is 0.570. The summed E-state index contributed by atoms with van der Waals surface area (Å²) in [7, 11) is 0. The minimum atomic E-state index is -0.896. The van der Waals surface area contributed by atoms with Gasteiger partial charge in [0, 0.05) is 17.0 Å². The molecule has 3 saturated heterocycles. The van der Waals surface area contributed by atoms with E-state index in [2.05, 4.69) is 22.6 Å². The summed E-state index contributed by atoms with van der Waals surface area (Å²) >= 11 is 2.25. The number of alkyl halides is 1. The van der Waals surface area contributed by atoms with Gasteiger partial charge in [0.25, 0.3) is 0 Å². The monoisotopic (exact) mass is 328 g/mol. The van der Waals surface area contributed by atoms with Crippen LogP contribution in [0.5, 0.6) is 0 Å². The standard InChI is InChI=1S/C10H17IO4/c11-5-7-6-3-1-2-4-14-10(15-7)9(13)8(6)12/h6-10,12-13H,1-5H2. The SMILES string of the molecule is OC1C2OCCCCC(C(CI)O2)C1O. The van der Waals surface area contributed by atoms with Crippen molar-refractivity contribution in [2.24, 2.45) is 5.92 Å². The maximum absolute atomic E-state index is 9.99. The van der Waals surface area contributed by atoms with E-state index in [4.69, 9.17) is 9.47 Å². The highest BCUT2D eigenvalue weighted by Crippen LogP contribution is 2.33. The smallest absolute Gasteiger partial charge is 0.186 e. The van der Waals surface area contributed by atoms with E-state index >= 15 is 0 Å². The number of hydrogen-bond donors (Lipinski definition) is 2. The molecule has 2 N–H and O–H groups in total. The van der Waals surface area contributed by atoms with Gasteiger partial charge in [-0.3, -0.25) is 0 Å². The fraction of sp³-hybridized carbons (Fsp3) is 1.00. The van der Waals surface area contributed by atoms with Crippen LogP contribution in [-0.2, 0) is 9.47 Å². The molecule has 0 saturated carbocycles. The molecule has 0 spiro atoms. The largest absolute Gasteiger partial charge is 0.390 e. The van der Waals surface area contributed by atoms with E-state index in [9.17, 15) is 10.2 Å². The summed E-state index contributed by atoms with van der Waals surface area (Å²) in [6.07, 6.45) is 0.666. The number of fused-ring (bicyclic) bond motifs is 6. The lowest BCUT2D eigenvalue weighted by Gasteiger charge is -2.41. The molecule has 0 aromatic carbocycles. The van der Waals surface area contributed by atoms with Crippen LogP contribution in [0.25, 0.3) is 0 Å². The summed E-state index contributed by atoms with van der Waals surface area (Å²) in [5, 5.41) is 19.8. The second-order valence-electron chi connectivity index (χ2n) is 4.21. The Balaban J connectivity index is 2.16. The number of rotatable bonds is 1. The molecule has 15 heavy (non-hydrogen) atoms. The van der Waals surface area contributed by atoms with Crippen molar-refractivity contribution in [1.82, 2.24) is 0 Å². The highest BCUT2D eigenvalue weighted by molar-refractivity contribution is 14.1. The zero-order valence-electron chi connectivity index (χ0n) is 8.51. The zero-order chi connectivity index (χ0) is 10.8. The summed E-state index contributed by atoms with van der Waals surface area (Å²) in [6.45, 7) is 0.606. The highest BCUT2D eigenvalue weighted by atomic mass is 127. The molecule has 5 unspecified atom stereocenters. The molecule has 3 aliphatic heterocycles. The van der Waals surface area contributed by atoms with Crippen LogP contribution < -0.4 is 0 Å². The number of ether oxygens (including phenoxy) is 2. The van der Waals surface area contributed by atoms with Gasteiger partial charge >= 0.3 is 0 Å². The van der Waals surface area contributed by atoms with E-state index in [1.54, 1.807) is 0 Å². The van der Waals surface area contributed by atoms with Crippen molar-refractivity contribution in [2.75, 3.05) is 11.0 Å². The van der Waals surface area contributed by atoms with Crippen LogP contribution in [-0.4, -0.2) is 45.8 Å². The van der Waals surface area contributed by atoms with Gasteiger partial charge in [0.2, 0.25) is 0 Å². The summed E-state index contributed by atoms with van der Waals surface area (Å²) in [5.74, 6) is 0.0508. The van der Waals surface area contributed by atoms with Crippen LogP contribution in [0.3, 0.4) is 0 Å². The molecule has 5 heteroatoms. The fourth-order valence-electron chi connectivity index (χ4n) is 2.31. The Bertz CT molecular complexity index is 210. The second-order valence-corrected chi connectivity index (χ2v) is 5.09. The summed E-state index contributed by atoms with van der Waals surface area (Å²) in [6, 6.07) is 0. The van der Waals surface area contributed by atoms with Crippen LogP contribution in [0.2, 0.25) is 0 Å². The first-order valence-electron chi connectivity index (χ1n) is 5.43. The minimum Gasteiger partial charge on any atom is -0.390 e. The molecule has 3 heterocycles. The Morgan fingerprint density at radius 1 is 1.20 bits per heavy atom. The van der Waals surface area contributed by atoms with Gasteiger partial charge in [-0.05, 0) is 12.8 Å². The molecule has 3 rings (SSSR count). The fourth-order valence-corrected chi connectivity index (χ4v) is 3.18. The van der Waals surface area contributed by atoms with Crippen LogP contribution in [0.1, 0.15) is 19.3 Å². The first-order valence-corrected chi connectivity index (χ1v) is 6.95. The summed E-state index contributed by atoms with van der Waals surface area (Å²) < 4.78 is 11.9. The van der Waals surface area contributed by atoms with Crippen LogP contribution in [0, 0.1) is 5.92 Å². The van der Waals surface area contributed by atoms with Crippen molar-refractivity contribution >= 4 is 22.6 Å². The van der Waals surface area contributed by atoms with Crippen LogP contribution >= 0.6 is 22.6 Å². The van der Waals surface area contributed by atoms with Gasteiger partial charge in [-0.1, -0.05) is 29.0 Å². The van der Waals surface area contributed by atoms with Crippen molar-refractivity contribution in [1.29, 1.82) is 0 Å². The van der Waals surface area contributed by atoms with Crippen molar-refractivity contribution in [3.8, 4) is 0 Å². The Labute approximate surface area is 103 Å². The molecule has 3 fully saturated rings. The number of aliphatic hydroxyl groups is 2. The predicted molar refractivity (Wildman–Crippen MR) is 62.9 cm³/mol. The third kappa shape index (κ3) is 2.46. The third-order valence-electron chi connectivity index (χ3n) is 3.22. The highest BCUT2D eigenvalue weighted by Gasteiger charge is 2.44. The van der Waals surface area contributed by atoms with Gasteiger partial charge in [-0.15, -0.1) is 0 Å². The molecule has 4 nitrogen and oxygen atoms in total. The molecular formula is C10H17IO4. The number of halogens is 1. The van der Waals surface area contributed by atoms with Crippen LogP contribution in [0.15, 0.2) is 0 Å². The first kappa shape index (κ1) is 12.0. The van der Waals surface area contributed by atoms with E-state index in [0.717, 1.165) is 23.7 Å². The maximum atomic E-state index is 9.99. The maximum Gasteiger partial charge on any atom is 0.186 e. The lowest BCUT2D eigenvalue weighted by Crippen LogP contribution is -2.55. The molecule has 0 aliphatic carbocycles. The normalized spacial score (nSPS) is 47.0. The quantitative estimate of drug-likeness (QED) is 0.549. The third-order valence-corrected chi connectivity index (χ3v) is 4.09. The molecule has 88 valence electrons. The van der Waals surface area contributed by atoms with Gasteiger partial charge < -0.3 is 19.7 Å². The van der Waals surface area contributed by atoms with Gasteiger partial charge in [-0.25, -0.2) is 0 Å². The first-order chi connectivity index (χ1) is 7.24. The molecular weight excluding hydrogens is 311 g/mol. The minimum absolute atomic E-state index is 0.00657. The molecule has 2 bridgehead atoms.